The van der Waals surface area contributed by atoms with Crippen molar-refractivity contribution in [2.24, 2.45) is 0 Å². The van der Waals surface area contributed by atoms with E-state index in [2.05, 4.69) is 5.32 Å². The van der Waals surface area contributed by atoms with E-state index < -0.39 is 0 Å². The van der Waals surface area contributed by atoms with Crippen LogP contribution in [0.15, 0.2) is 30.3 Å². The molecule has 1 aliphatic heterocycles. The number of carbonyl (C=O) groups is 2. The van der Waals surface area contributed by atoms with E-state index in [9.17, 15) is 9.59 Å². The maximum Gasteiger partial charge on any atom is 0.240 e. The molecule has 2 rings (SSSR count). The molecule has 1 N–H and O–H groups in total. The van der Waals surface area contributed by atoms with Crippen molar-refractivity contribution in [3.8, 4) is 0 Å². The van der Waals surface area contributed by atoms with Crippen molar-refractivity contribution in [3.63, 3.8) is 0 Å². The average Bonchev–Trinajstić information content (AvgIpc) is 2.35. The predicted octanol–water partition coefficient (Wildman–Crippen LogP) is 0.618. The summed E-state index contributed by atoms with van der Waals surface area (Å²) in [4.78, 5) is 24.9. The maximum atomic E-state index is 12.2. The molecule has 4 heteroatoms. The van der Waals surface area contributed by atoms with Crippen LogP contribution in [0.4, 0.5) is 0 Å². The number of Topliss-reactive ketones (excluding diaryl/α,β-unsaturated/α-hetero) is 1. The summed E-state index contributed by atoms with van der Waals surface area (Å²) in [5.41, 5.74) is 1.13. The fourth-order valence-corrected chi connectivity index (χ4v) is 2.23. The normalized spacial score (nSPS) is 19.9. The van der Waals surface area contributed by atoms with E-state index in [0.29, 0.717) is 13.0 Å². The molecule has 1 unspecified atom stereocenters. The van der Waals surface area contributed by atoms with E-state index in [4.69, 9.17) is 0 Å². The number of piperazine rings is 1. The zero-order chi connectivity index (χ0) is 13.0. The summed E-state index contributed by atoms with van der Waals surface area (Å²) < 4.78 is 0. The van der Waals surface area contributed by atoms with Crippen LogP contribution in [0.1, 0.15) is 12.5 Å². The molecule has 1 aromatic carbocycles. The number of benzene rings is 1. The quantitative estimate of drug-likeness (QED) is 0.847. The van der Waals surface area contributed by atoms with Gasteiger partial charge in [-0.3, -0.25) is 9.59 Å². The number of nitrogens with one attached hydrogen (secondary N) is 1. The molecule has 0 aromatic heterocycles. The Morgan fingerprint density at radius 1 is 1.39 bits per heavy atom. The SMILES string of the molecule is CC(=O)CN1CCNC(Cc2ccccc2)C1=O. The molecular formula is C14H18N2O2. The largest absolute Gasteiger partial charge is 0.333 e. The van der Waals surface area contributed by atoms with Crippen molar-refractivity contribution in [1.82, 2.24) is 10.2 Å². The summed E-state index contributed by atoms with van der Waals surface area (Å²) in [5, 5.41) is 3.22. The summed E-state index contributed by atoms with van der Waals surface area (Å²) in [5.74, 6) is 0.0593. The Kier molecular flexibility index (Phi) is 4.10. The molecular weight excluding hydrogens is 228 g/mol. The Morgan fingerprint density at radius 2 is 2.11 bits per heavy atom. The molecule has 1 aromatic rings. The van der Waals surface area contributed by atoms with Crippen molar-refractivity contribution in [2.75, 3.05) is 19.6 Å². The zero-order valence-electron chi connectivity index (χ0n) is 10.6. The first-order valence-corrected chi connectivity index (χ1v) is 6.22. The van der Waals surface area contributed by atoms with Crippen molar-refractivity contribution in [2.45, 2.75) is 19.4 Å². The summed E-state index contributed by atoms with van der Waals surface area (Å²) in [7, 11) is 0. The van der Waals surface area contributed by atoms with Gasteiger partial charge in [0.2, 0.25) is 5.91 Å². The number of ketones is 1. The molecule has 96 valence electrons. The molecule has 1 saturated heterocycles. The van der Waals surface area contributed by atoms with E-state index in [1.165, 1.54) is 6.92 Å². The lowest BCUT2D eigenvalue weighted by molar-refractivity contribution is -0.138. The topological polar surface area (TPSA) is 49.4 Å². The molecule has 0 spiro atoms. The molecule has 1 aliphatic rings. The van der Waals surface area contributed by atoms with Gasteiger partial charge in [-0.05, 0) is 18.9 Å². The van der Waals surface area contributed by atoms with E-state index in [0.717, 1.165) is 12.1 Å². The Hall–Kier alpha value is -1.68. The number of hydrogen-bond donors (Lipinski definition) is 1. The molecule has 1 atom stereocenters. The van der Waals surface area contributed by atoms with Crippen molar-refractivity contribution in [3.05, 3.63) is 35.9 Å². The molecule has 0 saturated carbocycles. The van der Waals surface area contributed by atoms with Gasteiger partial charge < -0.3 is 10.2 Å². The third-order valence-corrected chi connectivity index (χ3v) is 3.08. The van der Waals surface area contributed by atoms with Crippen LogP contribution in [-0.4, -0.2) is 42.3 Å². The number of hydrogen-bond acceptors (Lipinski definition) is 3. The van der Waals surface area contributed by atoms with Gasteiger partial charge in [0, 0.05) is 13.1 Å². The van der Waals surface area contributed by atoms with Gasteiger partial charge in [0.25, 0.3) is 0 Å². The van der Waals surface area contributed by atoms with Crippen LogP contribution in [0, 0.1) is 0 Å². The van der Waals surface area contributed by atoms with E-state index in [-0.39, 0.29) is 24.3 Å². The monoisotopic (exact) mass is 246 g/mol. The highest BCUT2D eigenvalue weighted by Gasteiger charge is 2.28. The Balaban J connectivity index is 2.00. The van der Waals surface area contributed by atoms with E-state index in [1.807, 2.05) is 30.3 Å². The number of nitrogens with zero attached hydrogens (tertiary/aromatic N) is 1. The summed E-state index contributed by atoms with van der Waals surface area (Å²) >= 11 is 0. The lowest BCUT2D eigenvalue weighted by Crippen LogP contribution is -2.56. The van der Waals surface area contributed by atoms with Crippen LogP contribution in [0.3, 0.4) is 0 Å². The van der Waals surface area contributed by atoms with Gasteiger partial charge in [-0.25, -0.2) is 0 Å². The highest BCUT2D eigenvalue weighted by atomic mass is 16.2. The van der Waals surface area contributed by atoms with Crippen LogP contribution in [0.25, 0.3) is 0 Å². The third-order valence-electron chi connectivity index (χ3n) is 3.08. The minimum Gasteiger partial charge on any atom is -0.333 e. The lowest BCUT2D eigenvalue weighted by atomic mass is 10.0. The molecule has 0 radical (unpaired) electrons. The van der Waals surface area contributed by atoms with Gasteiger partial charge in [0.1, 0.15) is 5.78 Å². The smallest absolute Gasteiger partial charge is 0.240 e. The van der Waals surface area contributed by atoms with Gasteiger partial charge in [0.15, 0.2) is 0 Å². The first-order valence-electron chi connectivity index (χ1n) is 6.22. The second-order valence-electron chi connectivity index (χ2n) is 4.66. The lowest BCUT2D eigenvalue weighted by Gasteiger charge is -2.32. The second kappa shape index (κ2) is 5.78. The molecule has 1 heterocycles. The molecule has 4 nitrogen and oxygen atoms in total. The fraction of sp³-hybridized carbons (Fsp3) is 0.429. The first-order chi connectivity index (χ1) is 8.66. The predicted molar refractivity (Wildman–Crippen MR) is 69.2 cm³/mol. The van der Waals surface area contributed by atoms with Crippen LogP contribution in [-0.2, 0) is 16.0 Å². The summed E-state index contributed by atoms with van der Waals surface area (Å²) in [6.45, 7) is 3.10. The maximum absolute atomic E-state index is 12.2. The number of rotatable bonds is 4. The zero-order valence-corrected chi connectivity index (χ0v) is 10.6. The minimum absolute atomic E-state index is 0.0281. The van der Waals surface area contributed by atoms with Crippen molar-refractivity contribution in [1.29, 1.82) is 0 Å². The van der Waals surface area contributed by atoms with Gasteiger partial charge in [0.05, 0.1) is 12.6 Å². The molecule has 1 amide bonds. The molecule has 0 aliphatic carbocycles. The molecule has 18 heavy (non-hydrogen) atoms. The third kappa shape index (κ3) is 3.17. The van der Waals surface area contributed by atoms with Crippen LogP contribution < -0.4 is 5.32 Å². The first kappa shape index (κ1) is 12.8. The van der Waals surface area contributed by atoms with Crippen LogP contribution in [0.5, 0.6) is 0 Å². The van der Waals surface area contributed by atoms with Crippen molar-refractivity contribution >= 4 is 11.7 Å². The number of carbonyl (C=O) groups excluding carboxylic acids is 2. The van der Waals surface area contributed by atoms with E-state index in [1.54, 1.807) is 4.90 Å². The van der Waals surface area contributed by atoms with Crippen LogP contribution in [0.2, 0.25) is 0 Å². The Labute approximate surface area is 107 Å². The second-order valence-corrected chi connectivity index (χ2v) is 4.66. The summed E-state index contributed by atoms with van der Waals surface area (Å²) in [6, 6.07) is 9.71. The highest BCUT2D eigenvalue weighted by Crippen LogP contribution is 2.09. The van der Waals surface area contributed by atoms with Crippen molar-refractivity contribution < 1.29 is 9.59 Å². The highest BCUT2D eigenvalue weighted by molar-refractivity contribution is 5.88. The fourth-order valence-electron chi connectivity index (χ4n) is 2.23. The van der Waals surface area contributed by atoms with E-state index >= 15 is 0 Å². The molecule has 0 bridgehead atoms. The molecule has 1 fully saturated rings. The standard InChI is InChI=1S/C14H18N2O2/c1-11(17)10-16-8-7-15-13(14(16)18)9-12-5-3-2-4-6-12/h2-6,13,15H,7-10H2,1H3. The van der Waals surface area contributed by atoms with Gasteiger partial charge in [-0.2, -0.15) is 0 Å². The number of amides is 1. The average molecular weight is 246 g/mol. The summed E-state index contributed by atoms with van der Waals surface area (Å²) in [6.07, 6.45) is 0.675. The van der Waals surface area contributed by atoms with Crippen LogP contribution >= 0.6 is 0 Å². The van der Waals surface area contributed by atoms with Gasteiger partial charge >= 0.3 is 0 Å². The van der Waals surface area contributed by atoms with Gasteiger partial charge in [-0.15, -0.1) is 0 Å². The Bertz CT molecular complexity index is 431. The Morgan fingerprint density at radius 3 is 2.78 bits per heavy atom. The minimum atomic E-state index is -0.208. The van der Waals surface area contributed by atoms with Gasteiger partial charge in [-0.1, -0.05) is 30.3 Å².